The Labute approximate surface area is 204 Å². The lowest BCUT2D eigenvalue weighted by atomic mass is 9.75. The van der Waals surface area contributed by atoms with E-state index in [9.17, 15) is 14.4 Å². The second-order valence-corrected chi connectivity index (χ2v) is 9.71. The van der Waals surface area contributed by atoms with Gasteiger partial charge in [-0.05, 0) is 18.9 Å². The molecule has 0 bridgehead atoms. The lowest BCUT2D eigenvalue weighted by Gasteiger charge is -2.37. The van der Waals surface area contributed by atoms with E-state index in [0.717, 1.165) is 37.9 Å². The minimum absolute atomic E-state index is 0.142. The highest BCUT2D eigenvalue weighted by Gasteiger charge is 2.56. The monoisotopic (exact) mass is 479 g/mol. The lowest BCUT2D eigenvalue weighted by Crippen LogP contribution is -2.52. The number of imide groups is 1. The average Bonchev–Trinajstić information content (AvgIpc) is 3.14. The Morgan fingerprint density at radius 3 is 2.46 bits per heavy atom. The van der Waals surface area contributed by atoms with Crippen LogP contribution in [0.3, 0.4) is 0 Å². The average molecular weight is 480 g/mol. The first kappa shape index (κ1) is 23.4. The van der Waals surface area contributed by atoms with Crippen LogP contribution in [-0.4, -0.2) is 69.7 Å². The van der Waals surface area contributed by atoms with E-state index in [1.54, 1.807) is 41.7 Å². The van der Waals surface area contributed by atoms with E-state index < -0.39 is 17.1 Å². The largest absolute Gasteiger partial charge is 0.352 e. The standard InChI is InChI=1S/C26H30FN5O3/c27-21-9-5-4-8-20(21)26(17-24(34)32(25(26)35)19-6-2-1-3-7-19)16-23(33)31-14-12-30(13-15-31)22-18-28-10-11-29-22/h4-5,8-11,18-19H,1-3,6-7,12-17H2/t26-/m0/s1. The summed E-state index contributed by atoms with van der Waals surface area (Å²) in [6.45, 7) is 2.07. The van der Waals surface area contributed by atoms with Crippen LogP contribution in [0.4, 0.5) is 10.2 Å². The molecule has 3 fully saturated rings. The van der Waals surface area contributed by atoms with Crippen LogP contribution in [0.25, 0.3) is 0 Å². The van der Waals surface area contributed by atoms with Gasteiger partial charge in [0.25, 0.3) is 0 Å². The SMILES string of the molecule is O=C(C[C@@]1(c2ccccc2F)CC(=O)N(C2CCCCC2)C1=O)N1CCN(c2cnccn2)CC1. The Morgan fingerprint density at radius 2 is 1.77 bits per heavy atom. The maximum absolute atomic E-state index is 15.1. The molecule has 1 aliphatic carbocycles. The Kier molecular flexibility index (Phi) is 6.49. The van der Waals surface area contributed by atoms with Gasteiger partial charge >= 0.3 is 0 Å². The van der Waals surface area contributed by atoms with Gasteiger partial charge in [-0.1, -0.05) is 37.5 Å². The fourth-order valence-corrected chi connectivity index (χ4v) is 5.77. The Morgan fingerprint density at radius 1 is 1.03 bits per heavy atom. The van der Waals surface area contributed by atoms with Gasteiger partial charge in [0.2, 0.25) is 17.7 Å². The van der Waals surface area contributed by atoms with E-state index in [0.29, 0.717) is 26.2 Å². The second-order valence-electron chi connectivity index (χ2n) is 9.71. The van der Waals surface area contributed by atoms with E-state index in [1.807, 2.05) is 0 Å². The summed E-state index contributed by atoms with van der Waals surface area (Å²) in [7, 11) is 0. The number of hydrogen-bond donors (Lipinski definition) is 0. The molecule has 184 valence electrons. The molecule has 0 N–H and O–H groups in total. The number of carbonyl (C=O) groups is 3. The number of rotatable bonds is 5. The lowest BCUT2D eigenvalue weighted by molar-refractivity contribution is -0.145. The fourth-order valence-electron chi connectivity index (χ4n) is 5.77. The number of benzene rings is 1. The van der Waals surface area contributed by atoms with Crippen molar-refractivity contribution in [2.45, 2.75) is 56.4 Å². The molecule has 0 unspecified atom stereocenters. The number of halogens is 1. The summed E-state index contributed by atoms with van der Waals surface area (Å²) in [6, 6.07) is 5.89. The van der Waals surface area contributed by atoms with Gasteiger partial charge in [0.1, 0.15) is 11.6 Å². The third-order valence-electron chi connectivity index (χ3n) is 7.64. The third kappa shape index (κ3) is 4.39. The van der Waals surface area contributed by atoms with Gasteiger partial charge < -0.3 is 9.80 Å². The molecule has 0 radical (unpaired) electrons. The zero-order chi connectivity index (χ0) is 24.4. The van der Waals surface area contributed by atoms with E-state index in [4.69, 9.17) is 0 Å². The zero-order valence-corrected chi connectivity index (χ0v) is 19.7. The second kappa shape index (κ2) is 9.71. The molecular weight excluding hydrogens is 449 g/mol. The van der Waals surface area contributed by atoms with Crippen molar-refractivity contribution in [3.05, 3.63) is 54.2 Å². The van der Waals surface area contributed by atoms with Crippen LogP contribution in [-0.2, 0) is 19.8 Å². The van der Waals surface area contributed by atoms with Crippen LogP contribution >= 0.6 is 0 Å². The zero-order valence-electron chi connectivity index (χ0n) is 19.7. The summed E-state index contributed by atoms with van der Waals surface area (Å²) in [5.74, 6) is -0.767. The number of likely N-dealkylation sites (tertiary alicyclic amines) is 1. The molecule has 3 aliphatic rings. The first-order valence-corrected chi connectivity index (χ1v) is 12.4. The van der Waals surface area contributed by atoms with Gasteiger partial charge in [-0.25, -0.2) is 9.37 Å². The molecule has 9 heteroatoms. The first-order valence-electron chi connectivity index (χ1n) is 12.4. The number of hydrogen-bond acceptors (Lipinski definition) is 6. The highest BCUT2D eigenvalue weighted by atomic mass is 19.1. The van der Waals surface area contributed by atoms with Crippen LogP contribution in [0.2, 0.25) is 0 Å². The van der Waals surface area contributed by atoms with Crippen LogP contribution in [0.5, 0.6) is 0 Å². The molecule has 1 saturated carbocycles. The first-order chi connectivity index (χ1) is 17.0. The van der Waals surface area contributed by atoms with E-state index in [1.165, 1.54) is 11.0 Å². The molecule has 3 amide bonds. The third-order valence-corrected chi connectivity index (χ3v) is 7.64. The van der Waals surface area contributed by atoms with Gasteiger partial charge in [-0.15, -0.1) is 0 Å². The summed E-state index contributed by atoms with van der Waals surface area (Å²) >= 11 is 0. The fraction of sp³-hybridized carbons (Fsp3) is 0.500. The van der Waals surface area contributed by atoms with Crippen molar-refractivity contribution in [3.63, 3.8) is 0 Å². The summed E-state index contributed by atoms with van der Waals surface area (Å²) in [5, 5.41) is 0. The summed E-state index contributed by atoms with van der Waals surface area (Å²) in [4.78, 5) is 54.1. The van der Waals surface area contributed by atoms with Crippen molar-refractivity contribution < 1.29 is 18.8 Å². The predicted octanol–water partition coefficient (Wildman–Crippen LogP) is 2.68. The van der Waals surface area contributed by atoms with E-state index in [2.05, 4.69) is 14.9 Å². The van der Waals surface area contributed by atoms with Crippen molar-refractivity contribution >= 4 is 23.5 Å². The molecule has 1 aromatic heterocycles. The molecule has 2 aliphatic heterocycles. The number of piperazine rings is 1. The van der Waals surface area contributed by atoms with E-state index in [-0.39, 0.29) is 36.3 Å². The minimum atomic E-state index is -1.50. The highest BCUT2D eigenvalue weighted by molar-refractivity contribution is 6.11. The van der Waals surface area contributed by atoms with Crippen molar-refractivity contribution in [1.29, 1.82) is 0 Å². The Bertz CT molecular complexity index is 1100. The number of anilines is 1. The molecule has 5 rings (SSSR count). The van der Waals surface area contributed by atoms with Gasteiger partial charge in [0.05, 0.1) is 11.6 Å². The predicted molar refractivity (Wildman–Crippen MR) is 127 cm³/mol. The normalized spacial score (nSPS) is 23.7. The maximum Gasteiger partial charge on any atom is 0.241 e. The molecule has 35 heavy (non-hydrogen) atoms. The maximum atomic E-state index is 15.1. The van der Waals surface area contributed by atoms with E-state index >= 15 is 4.39 Å². The molecule has 3 heterocycles. The van der Waals surface area contributed by atoms with Gasteiger partial charge in [0, 0.05) is 63.0 Å². The molecule has 2 saturated heterocycles. The van der Waals surface area contributed by atoms with Crippen LogP contribution in [0.15, 0.2) is 42.9 Å². The highest BCUT2D eigenvalue weighted by Crippen LogP contribution is 2.43. The molecule has 8 nitrogen and oxygen atoms in total. The van der Waals surface area contributed by atoms with Gasteiger partial charge in [0.15, 0.2) is 0 Å². The summed E-state index contributed by atoms with van der Waals surface area (Å²) in [5.41, 5.74) is -1.36. The van der Waals surface area contributed by atoms with Crippen molar-refractivity contribution in [2.24, 2.45) is 0 Å². The van der Waals surface area contributed by atoms with Crippen LogP contribution in [0.1, 0.15) is 50.5 Å². The number of aromatic nitrogens is 2. The van der Waals surface area contributed by atoms with Gasteiger partial charge in [-0.3, -0.25) is 24.3 Å². The number of amides is 3. The topological polar surface area (TPSA) is 86.7 Å². The Balaban J connectivity index is 1.38. The van der Waals surface area contributed by atoms with Crippen molar-refractivity contribution in [1.82, 2.24) is 19.8 Å². The number of carbonyl (C=O) groups excluding carboxylic acids is 3. The van der Waals surface area contributed by atoms with Crippen LogP contribution < -0.4 is 4.90 Å². The van der Waals surface area contributed by atoms with Crippen molar-refractivity contribution in [3.8, 4) is 0 Å². The molecule has 0 spiro atoms. The van der Waals surface area contributed by atoms with Crippen LogP contribution in [0, 0.1) is 5.82 Å². The van der Waals surface area contributed by atoms with Crippen molar-refractivity contribution in [2.75, 3.05) is 31.1 Å². The van der Waals surface area contributed by atoms with Gasteiger partial charge in [-0.2, -0.15) is 0 Å². The molecular formula is C26H30FN5O3. The quantitative estimate of drug-likeness (QED) is 0.613. The smallest absolute Gasteiger partial charge is 0.241 e. The molecule has 2 aromatic rings. The number of nitrogens with zero attached hydrogens (tertiary/aromatic N) is 5. The summed E-state index contributed by atoms with van der Waals surface area (Å²) < 4.78 is 15.1. The molecule has 1 atom stereocenters. The minimum Gasteiger partial charge on any atom is -0.352 e. The molecule has 1 aromatic carbocycles. The Hall–Kier alpha value is -3.36. The summed E-state index contributed by atoms with van der Waals surface area (Å²) in [6.07, 6.45) is 9.09.